The van der Waals surface area contributed by atoms with Crippen LogP contribution in [-0.4, -0.2) is 25.3 Å². The molecule has 3 nitrogen and oxygen atoms in total. The average molecular weight is 315 g/mol. The molecule has 1 aromatic carbocycles. The maximum Gasteiger partial charge on any atom is 0.311 e. The Bertz CT molecular complexity index is 532. The molecule has 0 unspecified atom stereocenters. The third-order valence-electron chi connectivity index (χ3n) is 4.34. The second-order valence-electron chi connectivity index (χ2n) is 5.44. The van der Waals surface area contributed by atoms with Gasteiger partial charge in [-0.3, -0.25) is 4.79 Å². The number of ether oxygens (including phenoxy) is 2. The molecule has 2 heterocycles. The Morgan fingerprint density at radius 1 is 1.30 bits per heavy atom. The first-order chi connectivity index (χ1) is 9.60. The van der Waals surface area contributed by atoms with Gasteiger partial charge in [0.1, 0.15) is 0 Å². The van der Waals surface area contributed by atoms with Crippen molar-refractivity contribution >= 4 is 29.2 Å². The first kappa shape index (κ1) is 14.2. The Labute approximate surface area is 128 Å². The molecule has 1 aromatic rings. The summed E-state index contributed by atoms with van der Waals surface area (Å²) in [6.45, 7) is 0. The highest BCUT2D eigenvalue weighted by molar-refractivity contribution is 6.42. The molecule has 0 aliphatic carbocycles. The number of rotatable bonds is 2. The first-order valence-electron chi connectivity index (χ1n) is 6.78. The predicted molar refractivity (Wildman–Crippen MR) is 77.2 cm³/mol. The molecular formula is C15H16Cl2O3. The summed E-state index contributed by atoms with van der Waals surface area (Å²) in [4.78, 5) is 12.1. The van der Waals surface area contributed by atoms with Gasteiger partial charge < -0.3 is 9.47 Å². The van der Waals surface area contributed by atoms with Crippen LogP contribution in [0.5, 0.6) is 0 Å². The Balaban J connectivity index is 1.96. The third kappa shape index (κ3) is 2.43. The summed E-state index contributed by atoms with van der Waals surface area (Å²) in [7, 11) is 1.43. The van der Waals surface area contributed by atoms with Gasteiger partial charge in [-0.15, -0.1) is 0 Å². The van der Waals surface area contributed by atoms with Gasteiger partial charge in [0.25, 0.3) is 0 Å². The van der Waals surface area contributed by atoms with Gasteiger partial charge >= 0.3 is 5.97 Å². The summed E-state index contributed by atoms with van der Waals surface area (Å²) in [6.07, 6.45) is 2.95. The van der Waals surface area contributed by atoms with Crippen molar-refractivity contribution in [1.29, 1.82) is 0 Å². The number of hydrogen-bond acceptors (Lipinski definition) is 3. The van der Waals surface area contributed by atoms with Gasteiger partial charge in [-0.2, -0.15) is 0 Å². The Morgan fingerprint density at radius 2 is 2.10 bits per heavy atom. The van der Waals surface area contributed by atoms with Crippen LogP contribution in [0.25, 0.3) is 0 Å². The number of esters is 1. The second-order valence-corrected chi connectivity index (χ2v) is 6.25. The van der Waals surface area contributed by atoms with E-state index in [1.54, 1.807) is 6.07 Å². The zero-order valence-electron chi connectivity index (χ0n) is 11.1. The van der Waals surface area contributed by atoms with E-state index in [-0.39, 0.29) is 30.0 Å². The molecule has 5 heteroatoms. The molecule has 2 bridgehead atoms. The Morgan fingerprint density at radius 3 is 2.80 bits per heavy atom. The number of methoxy groups -OCH3 is 1. The van der Waals surface area contributed by atoms with Crippen LogP contribution in [0, 0.1) is 5.92 Å². The molecule has 0 spiro atoms. The minimum atomic E-state index is -0.254. The predicted octanol–water partition coefficient (Wildman–Crippen LogP) is 3.82. The van der Waals surface area contributed by atoms with Crippen LogP contribution in [0.2, 0.25) is 10.0 Å². The highest BCUT2D eigenvalue weighted by Crippen LogP contribution is 2.46. The number of carbonyl (C=O) groups excluding carboxylic acids is 1. The minimum Gasteiger partial charge on any atom is -0.469 e. The van der Waals surface area contributed by atoms with Crippen LogP contribution in [-0.2, 0) is 14.3 Å². The van der Waals surface area contributed by atoms with E-state index in [0.717, 1.165) is 24.8 Å². The van der Waals surface area contributed by atoms with E-state index in [1.165, 1.54) is 7.11 Å². The van der Waals surface area contributed by atoms with E-state index >= 15 is 0 Å². The lowest BCUT2D eigenvalue weighted by Gasteiger charge is -2.35. The fraction of sp³-hybridized carbons (Fsp3) is 0.533. The third-order valence-corrected chi connectivity index (χ3v) is 5.08. The lowest BCUT2D eigenvalue weighted by Crippen LogP contribution is -2.39. The molecule has 20 heavy (non-hydrogen) atoms. The number of carbonyl (C=O) groups is 1. The maximum atomic E-state index is 12.1. The van der Waals surface area contributed by atoms with Crippen molar-refractivity contribution in [2.45, 2.75) is 37.4 Å². The molecule has 2 fully saturated rings. The van der Waals surface area contributed by atoms with Crippen LogP contribution >= 0.6 is 23.2 Å². The molecule has 0 saturated carbocycles. The summed E-state index contributed by atoms with van der Waals surface area (Å²) < 4.78 is 10.8. The number of benzene rings is 1. The van der Waals surface area contributed by atoms with Gasteiger partial charge in [-0.25, -0.2) is 0 Å². The molecule has 0 amide bonds. The summed E-state index contributed by atoms with van der Waals surface area (Å²) in [5.74, 6) is -0.370. The van der Waals surface area contributed by atoms with Gasteiger partial charge in [0, 0.05) is 5.92 Å². The fourth-order valence-electron chi connectivity index (χ4n) is 3.40. The average Bonchev–Trinajstić information content (AvgIpc) is 2.82. The zero-order chi connectivity index (χ0) is 14.3. The molecule has 2 saturated heterocycles. The SMILES string of the molecule is COC(=O)[C@H]1[C@@H]2CC[C@H](C[C@@H]1c1ccc(Cl)c(Cl)c1)O2. The van der Waals surface area contributed by atoms with E-state index in [0.29, 0.717) is 10.0 Å². The fourth-order valence-corrected chi connectivity index (χ4v) is 3.71. The largest absolute Gasteiger partial charge is 0.469 e. The quantitative estimate of drug-likeness (QED) is 0.778. The highest BCUT2D eigenvalue weighted by atomic mass is 35.5. The Hall–Kier alpha value is -0.770. The van der Waals surface area contributed by atoms with Crippen LogP contribution in [0.4, 0.5) is 0 Å². The molecule has 0 radical (unpaired) electrons. The van der Waals surface area contributed by atoms with Crippen molar-refractivity contribution in [3.8, 4) is 0 Å². The van der Waals surface area contributed by atoms with Crippen LogP contribution < -0.4 is 0 Å². The first-order valence-corrected chi connectivity index (χ1v) is 7.54. The van der Waals surface area contributed by atoms with Crippen LogP contribution in [0.15, 0.2) is 18.2 Å². The standard InChI is InChI=1S/C15H16Cl2O3/c1-19-15(18)14-10(7-9-3-5-13(14)20-9)8-2-4-11(16)12(17)6-8/h2,4,6,9-10,13-14H,3,5,7H2,1H3/t9-,10-,13+,14-/m1/s1. The lowest BCUT2D eigenvalue weighted by atomic mass is 9.79. The van der Waals surface area contributed by atoms with Crippen molar-refractivity contribution < 1.29 is 14.3 Å². The van der Waals surface area contributed by atoms with Crippen molar-refractivity contribution in [2.75, 3.05) is 7.11 Å². The molecule has 0 aromatic heterocycles. The minimum absolute atomic E-state index is 0.0411. The topological polar surface area (TPSA) is 35.5 Å². The van der Waals surface area contributed by atoms with Crippen molar-refractivity contribution in [3.05, 3.63) is 33.8 Å². The van der Waals surface area contributed by atoms with Gasteiger partial charge in [-0.05, 0) is 37.0 Å². The number of halogens is 2. The van der Waals surface area contributed by atoms with Crippen LogP contribution in [0.1, 0.15) is 30.7 Å². The summed E-state index contributed by atoms with van der Waals surface area (Å²) >= 11 is 12.1. The summed E-state index contributed by atoms with van der Waals surface area (Å²) in [6, 6.07) is 5.58. The highest BCUT2D eigenvalue weighted by Gasteiger charge is 2.47. The van der Waals surface area contributed by atoms with Crippen molar-refractivity contribution in [2.24, 2.45) is 5.92 Å². The molecule has 2 aliphatic heterocycles. The Kier molecular flexibility index (Phi) is 3.93. The van der Waals surface area contributed by atoms with Gasteiger partial charge in [0.2, 0.25) is 0 Å². The van der Waals surface area contributed by atoms with Gasteiger partial charge in [-0.1, -0.05) is 29.3 Å². The zero-order valence-corrected chi connectivity index (χ0v) is 12.7. The molecule has 108 valence electrons. The normalized spacial score (nSPS) is 32.1. The molecular weight excluding hydrogens is 299 g/mol. The second kappa shape index (κ2) is 5.55. The number of fused-ring (bicyclic) bond motifs is 2. The molecule has 3 rings (SSSR count). The van der Waals surface area contributed by atoms with Gasteiger partial charge in [0.15, 0.2) is 0 Å². The lowest BCUT2D eigenvalue weighted by molar-refractivity contribution is -0.156. The summed E-state index contributed by atoms with van der Waals surface area (Å²) in [5.41, 5.74) is 1.04. The number of hydrogen-bond donors (Lipinski definition) is 0. The van der Waals surface area contributed by atoms with Crippen molar-refractivity contribution in [1.82, 2.24) is 0 Å². The van der Waals surface area contributed by atoms with E-state index in [2.05, 4.69) is 0 Å². The van der Waals surface area contributed by atoms with E-state index in [9.17, 15) is 4.79 Å². The monoisotopic (exact) mass is 314 g/mol. The molecule has 4 atom stereocenters. The van der Waals surface area contributed by atoms with E-state index in [4.69, 9.17) is 32.7 Å². The molecule has 0 N–H and O–H groups in total. The van der Waals surface area contributed by atoms with E-state index < -0.39 is 0 Å². The maximum absolute atomic E-state index is 12.1. The van der Waals surface area contributed by atoms with Crippen LogP contribution in [0.3, 0.4) is 0 Å². The van der Waals surface area contributed by atoms with Gasteiger partial charge in [0.05, 0.1) is 35.3 Å². The van der Waals surface area contributed by atoms with Crippen molar-refractivity contribution in [3.63, 3.8) is 0 Å². The van der Waals surface area contributed by atoms with E-state index in [1.807, 2.05) is 12.1 Å². The smallest absolute Gasteiger partial charge is 0.311 e. The summed E-state index contributed by atoms with van der Waals surface area (Å²) in [5, 5.41) is 1.05. The molecule has 2 aliphatic rings.